The number of carbonyl (C=O) groups excluding carboxylic acids is 1. The number of amides is 1. The average Bonchev–Trinajstić information content (AvgIpc) is 3.61. The van der Waals surface area contributed by atoms with Crippen molar-refractivity contribution in [1.82, 2.24) is 24.6 Å². The van der Waals surface area contributed by atoms with Gasteiger partial charge in [0.1, 0.15) is 23.7 Å². The molecule has 1 aliphatic rings. The third kappa shape index (κ3) is 6.30. The number of anilines is 6. The highest BCUT2D eigenvalue weighted by Crippen LogP contribution is 2.39. The Kier molecular flexibility index (Phi) is 8.16. The molecular formula is C30H35N9O2. The highest BCUT2D eigenvalue weighted by atomic mass is 16.5. The molecule has 3 N–H and O–H groups in total. The molecule has 5 rings (SSSR count). The maximum atomic E-state index is 12.4. The predicted molar refractivity (Wildman–Crippen MR) is 163 cm³/mol. The fourth-order valence-electron chi connectivity index (χ4n) is 4.98. The molecule has 2 aromatic carbocycles. The lowest BCUT2D eigenvalue weighted by atomic mass is 10.1. The summed E-state index contributed by atoms with van der Waals surface area (Å²) in [4.78, 5) is 25.7. The molecule has 212 valence electrons. The monoisotopic (exact) mass is 553 g/mol. The minimum Gasteiger partial charge on any atom is -0.494 e. The van der Waals surface area contributed by atoms with Gasteiger partial charge in [-0.1, -0.05) is 24.8 Å². The number of methoxy groups -OCH3 is 1. The van der Waals surface area contributed by atoms with E-state index in [0.717, 1.165) is 42.1 Å². The maximum absolute atomic E-state index is 12.4. The molecule has 0 radical (unpaired) electrons. The van der Waals surface area contributed by atoms with Crippen LogP contribution in [0, 0.1) is 0 Å². The molecule has 0 bridgehead atoms. The van der Waals surface area contributed by atoms with Gasteiger partial charge in [-0.3, -0.25) is 9.48 Å². The quantitative estimate of drug-likeness (QED) is 0.242. The molecule has 1 aliphatic heterocycles. The Bertz CT molecular complexity index is 1550. The van der Waals surface area contributed by atoms with Crippen LogP contribution < -0.4 is 25.6 Å². The van der Waals surface area contributed by atoms with Crippen molar-refractivity contribution in [2.75, 3.05) is 55.1 Å². The van der Waals surface area contributed by atoms with E-state index in [4.69, 9.17) is 4.74 Å². The zero-order valence-electron chi connectivity index (χ0n) is 23.8. The van der Waals surface area contributed by atoms with Gasteiger partial charge in [-0.2, -0.15) is 5.10 Å². The summed E-state index contributed by atoms with van der Waals surface area (Å²) in [5.41, 5.74) is 4.83. The zero-order chi connectivity index (χ0) is 28.9. The number of benzene rings is 2. The topological polar surface area (TPSA) is 112 Å². The van der Waals surface area contributed by atoms with Crippen LogP contribution in [0.2, 0.25) is 0 Å². The van der Waals surface area contributed by atoms with E-state index >= 15 is 0 Å². The van der Waals surface area contributed by atoms with E-state index in [9.17, 15) is 4.79 Å². The fraction of sp³-hybridized carbons (Fsp3) is 0.267. The SMILES string of the molecule is C=CC(=O)Nc1cc(Nc2cc(Nc3ccccc3-c3ccn(C)n3)ncn2)c(OC)cc1N(C)[C@@H]1CCN(C)C1. The second-order valence-corrected chi connectivity index (χ2v) is 10.0. The van der Waals surface area contributed by atoms with Gasteiger partial charge < -0.3 is 30.5 Å². The summed E-state index contributed by atoms with van der Waals surface area (Å²) in [7, 11) is 7.67. The molecule has 0 aliphatic carbocycles. The summed E-state index contributed by atoms with van der Waals surface area (Å²) >= 11 is 0. The van der Waals surface area contributed by atoms with Crippen molar-refractivity contribution in [2.24, 2.45) is 7.05 Å². The minimum atomic E-state index is -0.292. The number of carbonyl (C=O) groups is 1. The van der Waals surface area contributed by atoms with Gasteiger partial charge in [-0.25, -0.2) is 9.97 Å². The van der Waals surface area contributed by atoms with E-state index < -0.39 is 0 Å². The van der Waals surface area contributed by atoms with Gasteiger partial charge >= 0.3 is 0 Å². The molecule has 1 amide bonds. The number of nitrogens with zero attached hydrogens (tertiary/aromatic N) is 6. The molecule has 2 aromatic heterocycles. The van der Waals surface area contributed by atoms with Crippen LogP contribution in [-0.2, 0) is 11.8 Å². The van der Waals surface area contributed by atoms with Crippen LogP contribution in [0.3, 0.4) is 0 Å². The number of ether oxygens (including phenoxy) is 1. The normalized spacial score (nSPS) is 14.9. The Morgan fingerprint density at radius 1 is 1.07 bits per heavy atom. The van der Waals surface area contributed by atoms with Crippen LogP contribution in [0.4, 0.5) is 34.4 Å². The molecule has 0 spiro atoms. The van der Waals surface area contributed by atoms with Crippen LogP contribution in [-0.4, -0.2) is 70.9 Å². The van der Waals surface area contributed by atoms with Crippen molar-refractivity contribution < 1.29 is 9.53 Å². The van der Waals surface area contributed by atoms with E-state index in [1.165, 1.54) is 12.4 Å². The van der Waals surface area contributed by atoms with E-state index in [1.807, 2.05) is 68.8 Å². The molecule has 0 saturated carbocycles. The van der Waals surface area contributed by atoms with Crippen LogP contribution in [0.1, 0.15) is 6.42 Å². The molecule has 1 fully saturated rings. The standard InChI is InChI=1S/C30H35N9O2/c1-6-30(40)35-24-15-25(27(41-5)16-26(24)39(4)20-11-13-37(2)18-20)34-29-17-28(31-19-32-29)33-22-10-8-7-9-21(22)23-12-14-38(3)36-23/h6-10,12,14-17,19-20H,1,11,13,18H2,2-5H3,(H,35,40)(H2,31,32,33,34)/t20-/m1/s1. The van der Waals surface area contributed by atoms with Crippen molar-refractivity contribution in [2.45, 2.75) is 12.5 Å². The van der Waals surface area contributed by atoms with E-state index in [2.05, 4.69) is 54.4 Å². The molecule has 1 saturated heterocycles. The number of aryl methyl sites for hydroxylation is 1. The number of hydrogen-bond donors (Lipinski definition) is 3. The first-order valence-corrected chi connectivity index (χ1v) is 13.4. The Morgan fingerprint density at radius 2 is 1.83 bits per heavy atom. The largest absolute Gasteiger partial charge is 0.494 e. The highest BCUT2D eigenvalue weighted by molar-refractivity contribution is 6.02. The number of aromatic nitrogens is 4. The van der Waals surface area contributed by atoms with Gasteiger partial charge in [0.15, 0.2) is 0 Å². The number of likely N-dealkylation sites (tertiary alicyclic amines) is 1. The maximum Gasteiger partial charge on any atom is 0.247 e. The molecule has 1 atom stereocenters. The van der Waals surface area contributed by atoms with Crippen molar-refractivity contribution in [3.05, 3.63) is 73.7 Å². The van der Waals surface area contributed by atoms with Gasteiger partial charge in [0, 0.05) is 56.3 Å². The third-order valence-corrected chi connectivity index (χ3v) is 7.16. The molecule has 4 aromatic rings. The molecule has 11 heteroatoms. The van der Waals surface area contributed by atoms with Gasteiger partial charge in [-0.05, 0) is 44.3 Å². The fourth-order valence-corrected chi connectivity index (χ4v) is 4.98. The van der Waals surface area contributed by atoms with Crippen molar-refractivity contribution >= 4 is 40.3 Å². The van der Waals surface area contributed by atoms with Crippen molar-refractivity contribution in [1.29, 1.82) is 0 Å². The lowest BCUT2D eigenvalue weighted by molar-refractivity contribution is -0.111. The smallest absolute Gasteiger partial charge is 0.247 e. The Balaban J connectivity index is 1.43. The van der Waals surface area contributed by atoms with Gasteiger partial charge in [0.2, 0.25) is 5.91 Å². The third-order valence-electron chi connectivity index (χ3n) is 7.16. The zero-order valence-corrected chi connectivity index (χ0v) is 23.8. The molecule has 41 heavy (non-hydrogen) atoms. The number of para-hydroxylation sites is 1. The molecule has 0 unspecified atom stereocenters. The van der Waals surface area contributed by atoms with Crippen LogP contribution in [0.15, 0.2) is 73.7 Å². The molecule has 3 heterocycles. The summed E-state index contributed by atoms with van der Waals surface area (Å²) < 4.78 is 7.54. The number of likely N-dealkylation sites (N-methyl/N-ethyl adjacent to an activating group) is 2. The lowest BCUT2D eigenvalue weighted by Gasteiger charge is -2.29. The Hall–Kier alpha value is -4.90. The summed E-state index contributed by atoms with van der Waals surface area (Å²) in [5.74, 6) is 1.48. The van der Waals surface area contributed by atoms with Crippen molar-refractivity contribution in [3.8, 4) is 17.0 Å². The number of nitrogens with one attached hydrogen (secondary N) is 3. The van der Waals surface area contributed by atoms with Crippen LogP contribution in [0.25, 0.3) is 11.3 Å². The van der Waals surface area contributed by atoms with Crippen LogP contribution in [0.5, 0.6) is 5.75 Å². The Morgan fingerprint density at radius 3 is 2.49 bits per heavy atom. The van der Waals surface area contributed by atoms with Crippen LogP contribution >= 0.6 is 0 Å². The van der Waals surface area contributed by atoms with E-state index in [-0.39, 0.29) is 5.91 Å². The highest BCUT2D eigenvalue weighted by Gasteiger charge is 2.26. The van der Waals surface area contributed by atoms with E-state index in [1.54, 1.807) is 11.8 Å². The second kappa shape index (κ2) is 12.1. The predicted octanol–water partition coefficient (Wildman–Crippen LogP) is 4.64. The van der Waals surface area contributed by atoms with Crippen molar-refractivity contribution in [3.63, 3.8) is 0 Å². The first-order chi connectivity index (χ1) is 19.8. The first-order valence-electron chi connectivity index (χ1n) is 13.4. The summed E-state index contributed by atoms with van der Waals surface area (Å²) in [5, 5.41) is 14.2. The first kappa shape index (κ1) is 27.7. The van der Waals surface area contributed by atoms with Gasteiger partial charge in [0.25, 0.3) is 0 Å². The van der Waals surface area contributed by atoms with E-state index in [0.29, 0.717) is 34.8 Å². The molecular weight excluding hydrogens is 518 g/mol. The molecule has 11 nitrogen and oxygen atoms in total. The lowest BCUT2D eigenvalue weighted by Crippen LogP contribution is -2.34. The number of rotatable bonds is 10. The van der Waals surface area contributed by atoms with Gasteiger partial charge in [-0.15, -0.1) is 0 Å². The van der Waals surface area contributed by atoms with Gasteiger partial charge in [0.05, 0.1) is 29.9 Å². The summed E-state index contributed by atoms with van der Waals surface area (Å²) in [6.45, 7) is 5.57. The second-order valence-electron chi connectivity index (χ2n) is 10.0. The number of hydrogen-bond acceptors (Lipinski definition) is 9. The Labute approximate surface area is 239 Å². The summed E-state index contributed by atoms with van der Waals surface area (Å²) in [6, 6.07) is 15.8. The average molecular weight is 554 g/mol. The minimum absolute atomic E-state index is 0.292. The summed E-state index contributed by atoms with van der Waals surface area (Å²) in [6.07, 6.45) is 5.69.